The first-order chi connectivity index (χ1) is 11.6. The van der Waals surface area contributed by atoms with Crippen LogP contribution in [0.2, 0.25) is 0 Å². The van der Waals surface area contributed by atoms with E-state index in [1.54, 1.807) is 0 Å². The number of carbonyl (C=O) groups excluding carboxylic acids is 1. The summed E-state index contributed by atoms with van der Waals surface area (Å²) in [5.41, 5.74) is 1.01. The SMILES string of the molecule is Cc1cc(N2CCC(NC(=O)CC3CSCCN3)CC2)nc(C)n1. The van der Waals surface area contributed by atoms with Crippen LogP contribution >= 0.6 is 11.8 Å². The van der Waals surface area contributed by atoms with Crippen molar-refractivity contribution < 1.29 is 4.79 Å². The van der Waals surface area contributed by atoms with Gasteiger partial charge in [-0.05, 0) is 26.7 Å². The van der Waals surface area contributed by atoms with Gasteiger partial charge in [0.2, 0.25) is 5.91 Å². The van der Waals surface area contributed by atoms with Crippen molar-refractivity contribution in [1.82, 2.24) is 20.6 Å². The molecule has 3 rings (SSSR count). The van der Waals surface area contributed by atoms with Gasteiger partial charge in [0.25, 0.3) is 0 Å². The van der Waals surface area contributed by atoms with Crippen LogP contribution in [0.1, 0.15) is 30.8 Å². The molecule has 2 N–H and O–H groups in total. The second-order valence-electron chi connectivity index (χ2n) is 6.67. The van der Waals surface area contributed by atoms with Crippen molar-refractivity contribution in [3.63, 3.8) is 0 Å². The molecule has 2 saturated heterocycles. The minimum Gasteiger partial charge on any atom is -0.356 e. The number of aromatic nitrogens is 2. The fraction of sp³-hybridized carbons (Fsp3) is 0.706. The Labute approximate surface area is 148 Å². The third kappa shape index (κ3) is 4.83. The van der Waals surface area contributed by atoms with E-state index in [0.29, 0.717) is 12.5 Å². The van der Waals surface area contributed by atoms with Gasteiger partial charge in [0, 0.05) is 61.4 Å². The Hall–Kier alpha value is -1.34. The molecule has 0 saturated carbocycles. The van der Waals surface area contributed by atoms with Gasteiger partial charge in [-0.25, -0.2) is 9.97 Å². The number of piperidine rings is 1. The van der Waals surface area contributed by atoms with Crippen LogP contribution in [0.5, 0.6) is 0 Å². The van der Waals surface area contributed by atoms with E-state index in [1.165, 1.54) is 0 Å². The number of anilines is 1. The first kappa shape index (κ1) is 17.5. The minimum absolute atomic E-state index is 0.183. The summed E-state index contributed by atoms with van der Waals surface area (Å²) in [6.07, 6.45) is 2.54. The normalized spacial score (nSPS) is 22.4. The molecule has 0 radical (unpaired) electrons. The van der Waals surface area contributed by atoms with Crippen LogP contribution in [-0.2, 0) is 4.79 Å². The van der Waals surface area contributed by atoms with Gasteiger partial charge in [0.15, 0.2) is 0 Å². The number of aryl methyl sites for hydroxylation is 2. The van der Waals surface area contributed by atoms with Crippen molar-refractivity contribution in [3.05, 3.63) is 17.6 Å². The van der Waals surface area contributed by atoms with Crippen LogP contribution < -0.4 is 15.5 Å². The van der Waals surface area contributed by atoms with Gasteiger partial charge in [0.05, 0.1) is 0 Å². The van der Waals surface area contributed by atoms with Gasteiger partial charge in [0.1, 0.15) is 11.6 Å². The lowest BCUT2D eigenvalue weighted by atomic mass is 10.0. The summed E-state index contributed by atoms with van der Waals surface area (Å²) in [6, 6.07) is 2.66. The van der Waals surface area contributed by atoms with E-state index in [1.807, 2.05) is 31.7 Å². The number of hydrogen-bond acceptors (Lipinski definition) is 6. The quantitative estimate of drug-likeness (QED) is 0.853. The smallest absolute Gasteiger partial charge is 0.221 e. The van der Waals surface area contributed by atoms with Gasteiger partial charge < -0.3 is 15.5 Å². The minimum atomic E-state index is 0.183. The van der Waals surface area contributed by atoms with Crippen LogP contribution in [0.3, 0.4) is 0 Å². The van der Waals surface area contributed by atoms with E-state index in [0.717, 1.165) is 61.3 Å². The molecule has 1 unspecified atom stereocenters. The van der Waals surface area contributed by atoms with E-state index in [4.69, 9.17) is 0 Å². The van der Waals surface area contributed by atoms with Crippen LogP contribution in [0, 0.1) is 13.8 Å². The van der Waals surface area contributed by atoms with Crippen LogP contribution in [0.15, 0.2) is 6.07 Å². The molecule has 132 valence electrons. The first-order valence-corrected chi connectivity index (χ1v) is 9.93. The number of nitrogens with zero attached hydrogens (tertiary/aromatic N) is 3. The number of nitrogens with one attached hydrogen (secondary N) is 2. The van der Waals surface area contributed by atoms with Crippen LogP contribution in [0.25, 0.3) is 0 Å². The Morgan fingerprint density at radius 3 is 2.83 bits per heavy atom. The molecule has 1 atom stereocenters. The topological polar surface area (TPSA) is 70.2 Å². The second-order valence-corrected chi connectivity index (χ2v) is 7.82. The Balaban J connectivity index is 1.45. The maximum absolute atomic E-state index is 12.2. The largest absolute Gasteiger partial charge is 0.356 e. The lowest BCUT2D eigenvalue weighted by molar-refractivity contribution is -0.122. The third-order valence-electron chi connectivity index (χ3n) is 4.57. The average Bonchev–Trinajstić information content (AvgIpc) is 2.55. The van der Waals surface area contributed by atoms with E-state index < -0.39 is 0 Å². The zero-order valence-corrected chi connectivity index (χ0v) is 15.4. The lowest BCUT2D eigenvalue weighted by Crippen LogP contribution is -2.47. The molecular weight excluding hydrogens is 322 g/mol. The zero-order chi connectivity index (χ0) is 16.9. The molecule has 1 amide bonds. The highest BCUT2D eigenvalue weighted by Gasteiger charge is 2.23. The third-order valence-corrected chi connectivity index (χ3v) is 5.70. The molecule has 2 fully saturated rings. The van der Waals surface area contributed by atoms with Gasteiger partial charge in [-0.2, -0.15) is 11.8 Å². The molecule has 24 heavy (non-hydrogen) atoms. The van der Waals surface area contributed by atoms with Crippen molar-refractivity contribution in [2.75, 3.05) is 36.0 Å². The van der Waals surface area contributed by atoms with Gasteiger partial charge in [-0.1, -0.05) is 0 Å². The molecule has 1 aromatic rings. The van der Waals surface area contributed by atoms with E-state index in [-0.39, 0.29) is 11.9 Å². The highest BCUT2D eigenvalue weighted by Crippen LogP contribution is 2.19. The number of rotatable bonds is 4. The number of hydrogen-bond donors (Lipinski definition) is 2. The Bertz CT molecular complexity index is 548. The molecule has 1 aromatic heterocycles. The molecule has 0 spiro atoms. The number of thioether (sulfide) groups is 1. The average molecular weight is 350 g/mol. The summed E-state index contributed by atoms with van der Waals surface area (Å²) in [5.74, 6) is 4.20. The molecule has 0 bridgehead atoms. The number of carbonyl (C=O) groups is 1. The summed E-state index contributed by atoms with van der Waals surface area (Å²) >= 11 is 1.93. The maximum Gasteiger partial charge on any atom is 0.221 e. The molecule has 2 aliphatic heterocycles. The van der Waals surface area contributed by atoms with E-state index in [2.05, 4.69) is 25.5 Å². The monoisotopic (exact) mass is 349 g/mol. The van der Waals surface area contributed by atoms with Crippen molar-refractivity contribution in [3.8, 4) is 0 Å². The predicted molar refractivity (Wildman–Crippen MR) is 98.6 cm³/mol. The molecular formula is C17H27N5OS. The predicted octanol–water partition coefficient (Wildman–Crippen LogP) is 1.27. The number of amides is 1. The molecule has 3 heterocycles. The molecule has 6 nitrogen and oxygen atoms in total. The van der Waals surface area contributed by atoms with E-state index in [9.17, 15) is 4.79 Å². The summed E-state index contributed by atoms with van der Waals surface area (Å²) in [4.78, 5) is 23.4. The van der Waals surface area contributed by atoms with Gasteiger partial charge in [-0.15, -0.1) is 0 Å². The standard InChI is InChI=1S/C17H27N5OS/c1-12-9-16(20-13(2)19-12)22-6-3-14(4-7-22)21-17(23)10-15-11-24-8-5-18-15/h9,14-15,18H,3-8,10-11H2,1-2H3,(H,21,23). The fourth-order valence-corrected chi connectivity index (χ4v) is 4.32. The molecule has 7 heteroatoms. The Morgan fingerprint density at radius 1 is 1.38 bits per heavy atom. The second kappa shape index (κ2) is 8.16. The molecule has 2 aliphatic rings. The van der Waals surface area contributed by atoms with Crippen molar-refractivity contribution >= 4 is 23.5 Å². The maximum atomic E-state index is 12.2. The van der Waals surface area contributed by atoms with Crippen molar-refractivity contribution in [1.29, 1.82) is 0 Å². The summed E-state index contributed by atoms with van der Waals surface area (Å²) in [7, 11) is 0. The molecule has 0 aromatic carbocycles. The molecule has 0 aliphatic carbocycles. The first-order valence-electron chi connectivity index (χ1n) is 8.78. The van der Waals surface area contributed by atoms with Crippen molar-refractivity contribution in [2.45, 2.75) is 45.2 Å². The zero-order valence-electron chi connectivity index (χ0n) is 14.5. The van der Waals surface area contributed by atoms with E-state index >= 15 is 0 Å². The Morgan fingerprint density at radius 2 is 2.17 bits per heavy atom. The highest BCUT2D eigenvalue weighted by atomic mass is 32.2. The summed E-state index contributed by atoms with van der Waals surface area (Å²) in [5, 5.41) is 6.64. The summed E-state index contributed by atoms with van der Waals surface area (Å²) in [6.45, 7) is 6.80. The fourth-order valence-electron chi connectivity index (χ4n) is 3.37. The highest BCUT2D eigenvalue weighted by molar-refractivity contribution is 7.99. The van der Waals surface area contributed by atoms with Crippen LogP contribution in [-0.4, -0.2) is 59.1 Å². The van der Waals surface area contributed by atoms with Crippen LogP contribution in [0.4, 0.5) is 5.82 Å². The lowest BCUT2D eigenvalue weighted by Gasteiger charge is -2.33. The van der Waals surface area contributed by atoms with Gasteiger partial charge >= 0.3 is 0 Å². The summed E-state index contributed by atoms with van der Waals surface area (Å²) < 4.78 is 0. The van der Waals surface area contributed by atoms with Gasteiger partial charge in [-0.3, -0.25) is 4.79 Å². The Kier molecular flexibility index (Phi) is 5.94. The van der Waals surface area contributed by atoms with Crippen molar-refractivity contribution in [2.24, 2.45) is 0 Å².